The third kappa shape index (κ3) is 2.98. The molecule has 0 bridgehead atoms. The third-order valence-electron chi connectivity index (χ3n) is 3.63. The highest BCUT2D eigenvalue weighted by Crippen LogP contribution is 2.23. The molecule has 110 valence electrons. The van der Waals surface area contributed by atoms with E-state index in [4.69, 9.17) is 0 Å². The average Bonchev–Trinajstić information content (AvgIpc) is 2.95. The van der Waals surface area contributed by atoms with E-state index < -0.39 is 0 Å². The second kappa shape index (κ2) is 5.98. The number of Topliss-reactive ketones (excluding diaryl/α,β-unsaturated/α-hetero) is 1. The van der Waals surface area contributed by atoms with Gasteiger partial charge in [0.1, 0.15) is 5.82 Å². The first-order chi connectivity index (χ1) is 10.6. The van der Waals surface area contributed by atoms with Crippen molar-refractivity contribution in [2.24, 2.45) is 0 Å². The molecule has 0 fully saturated rings. The van der Waals surface area contributed by atoms with Gasteiger partial charge in [0.05, 0.1) is 5.69 Å². The van der Waals surface area contributed by atoms with Crippen LogP contribution in [-0.4, -0.2) is 10.4 Å². The van der Waals surface area contributed by atoms with Gasteiger partial charge in [0.2, 0.25) is 0 Å². The predicted octanol–water partition coefficient (Wildman–Crippen LogP) is 4.55. The monoisotopic (exact) mass is 293 g/mol. The summed E-state index contributed by atoms with van der Waals surface area (Å²) in [6.45, 7) is 2.10. The van der Waals surface area contributed by atoms with Crippen molar-refractivity contribution in [3.63, 3.8) is 0 Å². The van der Waals surface area contributed by atoms with Crippen LogP contribution in [0, 0.1) is 5.82 Å². The molecule has 2 aromatic carbocycles. The van der Waals surface area contributed by atoms with Crippen molar-refractivity contribution in [1.82, 2.24) is 4.57 Å². The summed E-state index contributed by atoms with van der Waals surface area (Å²) in [5.74, 6) is -0.239. The highest BCUT2D eigenvalue weighted by atomic mass is 19.1. The van der Waals surface area contributed by atoms with Crippen LogP contribution in [0.15, 0.2) is 66.9 Å². The van der Waals surface area contributed by atoms with Crippen molar-refractivity contribution < 1.29 is 9.18 Å². The molecule has 3 rings (SSSR count). The molecule has 0 unspecified atom stereocenters. The smallest absolute Gasteiger partial charge is 0.176 e. The van der Waals surface area contributed by atoms with Crippen LogP contribution in [0.25, 0.3) is 11.1 Å². The van der Waals surface area contributed by atoms with Crippen molar-refractivity contribution in [3.8, 4) is 11.1 Å². The lowest BCUT2D eigenvalue weighted by atomic mass is 10.1. The summed E-state index contributed by atoms with van der Waals surface area (Å²) in [4.78, 5) is 11.9. The maximum atomic E-state index is 13.0. The van der Waals surface area contributed by atoms with E-state index in [9.17, 15) is 9.18 Å². The molecule has 0 aliphatic carbocycles. The van der Waals surface area contributed by atoms with Gasteiger partial charge >= 0.3 is 0 Å². The number of ketones is 1. The Bertz CT molecular complexity index is 788. The van der Waals surface area contributed by atoms with E-state index in [0.29, 0.717) is 12.2 Å². The Labute approximate surface area is 128 Å². The molecule has 0 aliphatic heterocycles. The van der Waals surface area contributed by atoms with Crippen molar-refractivity contribution in [2.45, 2.75) is 13.5 Å². The Hall–Kier alpha value is -2.68. The number of aromatic nitrogens is 1. The second-order valence-electron chi connectivity index (χ2n) is 5.29. The molecule has 1 aromatic heterocycles. The van der Waals surface area contributed by atoms with Gasteiger partial charge < -0.3 is 4.57 Å². The Morgan fingerprint density at radius 1 is 1.00 bits per heavy atom. The van der Waals surface area contributed by atoms with E-state index in [1.54, 1.807) is 19.1 Å². The lowest BCUT2D eigenvalue weighted by molar-refractivity contribution is 0.100. The number of nitrogens with zero attached hydrogens (tertiary/aromatic N) is 1. The Kier molecular flexibility index (Phi) is 3.88. The van der Waals surface area contributed by atoms with Gasteiger partial charge in [-0.1, -0.05) is 42.5 Å². The summed E-state index contributed by atoms with van der Waals surface area (Å²) in [5.41, 5.74) is 3.69. The number of benzene rings is 2. The zero-order valence-corrected chi connectivity index (χ0v) is 12.3. The van der Waals surface area contributed by atoms with Gasteiger partial charge in [0.25, 0.3) is 0 Å². The molecule has 0 saturated carbocycles. The third-order valence-corrected chi connectivity index (χ3v) is 3.63. The summed E-state index contributed by atoms with van der Waals surface area (Å²) in [5, 5.41) is 0. The molecule has 1 heterocycles. The minimum atomic E-state index is -0.256. The summed E-state index contributed by atoms with van der Waals surface area (Å²) in [7, 11) is 0. The molecule has 0 saturated heterocycles. The van der Waals surface area contributed by atoms with Crippen molar-refractivity contribution in [3.05, 3.63) is 83.9 Å². The van der Waals surface area contributed by atoms with Gasteiger partial charge in [-0.05, 0) is 29.3 Å². The minimum absolute atomic E-state index is 0.0179. The van der Waals surface area contributed by atoms with Crippen LogP contribution in [0.3, 0.4) is 0 Å². The van der Waals surface area contributed by atoms with Crippen molar-refractivity contribution >= 4 is 5.78 Å². The SMILES string of the molecule is CC(=O)c1cc(-c2ccccc2)cn1Cc1ccc(F)cc1. The van der Waals surface area contributed by atoms with E-state index in [-0.39, 0.29) is 11.6 Å². The summed E-state index contributed by atoms with van der Waals surface area (Å²) >= 11 is 0. The molecule has 22 heavy (non-hydrogen) atoms. The van der Waals surface area contributed by atoms with Gasteiger partial charge in [0, 0.05) is 25.2 Å². The quantitative estimate of drug-likeness (QED) is 0.647. The fraction of sp³-hybridized carbons (Fsp3) is 0.105. The first-order valence-electron chi connectivity index (χ1n) is 7.14. The number of carbonyl (C=O) groups excluding carboxylic acids is 1. The van der Waals surface area contributed by atoms with Gasteiger partial charge in [-0.3, -0.25) is 4.79 Å². The topological polar surface area (TPSA) is 22.0 Å². The zero-order valence-electron chi connectivity index (χ0n) is 12.3. The Morgan fingerprint density at radius 2 is 1.68 bits per heavy atom. The normalized spacial score (nSPS) is 10.6. The highest BCUT2D eigenvalue weighted by Gasteiger charge is 2.11. The largest absolute Gasteiger partial charge is 0.340 e. The van der Waals surface area contributed by atoms with Crippen LogP contribution in [0.5, 0.6) is 0 Å². The van der Waals surface area contributed by atoms with Crippen LogP contribution in [0.1, 0.15) is 23.0 Å². The maximum Gasteiger partial charge on any atom is 0.176 e. The molecule has 0 aliphatic rings. The van der Waals surface area contributed by atoms with E-state index in [0.717, 1.165) is 16.7 Å². The van der Waals surface area contributed by atoms with E-state index in [1.165, 1.54) is 12.1 Å². The molecule has 0 radical (unpaired) electrons. The Morgan fingerprint density at radius 3 is 2.32 bits per heavy atom. The van der Waals surface area contributed by atoms with Gasteiger partial charge in [-0.25, -0.2) is 4.39 Å². The highest BCUT2D eigenvalue weighted by molar-refractivity contribution is 5.94. The molecular formula is C19H16FNO. The molecule has 0 spiro atoms. The number of halogens is 1. The number of hydrogen-bond donors (Lipinski definition) is 0. The van der Waals surface area contributed by atoms with Gasteiger partial charge in [-0.15, -0.1) is 0 Å². The Balaban J connectivity index is 1.97. The summed E-state index contributed by atoms with van der Waals surface area (Å²) in [6.07, 6.45) is 1.97. The van der Waals surface area contributed by atoms with Crippen LogP contribution in [-0.2, 0) is 6.54 Å². The van der Waals surface area contributed by atoms with Crippen LogP contribution < -0.4 is 0 Å². The first-order valence-corrected chi connectivity index (χ1v) is 7.14. The van der Waals surface area contributed by atoms with E-state index in [1.807, 2.05) is 47.2 Å². The molecule has 0 amide bonds. The first kappa shape index (κ1) is 14.3. The van der Waals surface area contributed by atoms with E-state index in [2.05, 4.69) is 0 Å². The number of rotatable bonds is 4. The standard InChI is InChI=1S/C19H16FNO/c1-14(22)19-11-17(16-5-3-2-4-6-16)13-21(19)12-15-7-9-18(20)10-8-15/h2-11,13H,12H2,1H3. The molecule has 0 atom stereocenters. The van der Waals surface area contributed by atoms with Crippen LogP contribution >= 0.6 is 0 Å². The molecule has 3 aromatic rings. The summed E-state index contributed by atoms with van der Waals surface area (Å²) in [6, 6.07) is 18.2. The van der Waals surface area contributed by atoms with Crippen LogP contribution in [0.4, 0.5) is 4.39 Å². The minimum Gasteiger partial charge on any atom is -0.340 e. The fourth-order valence-electron chi connectivity index (χ4n) is 2.51. The lowest BCUT2D eigenvalue weighted by Crippen LogP contribution is -2.06. The molecule has 0 N–H and O–H groups in total. The van der Waals surface area contributed by atoms with Crippen molar-refractivity contribution in [2.75, 3.05) is 0 Å². The summed E-state index contributed by atoms with van der Waals surface area (Å²) < 4.78 is 14.9. The fourth-order valence-corrected chi connectivity index (χ4v) is 2.51. The van der Waals surface area contributed by atoms with E-state index >= 15 is 0 Å². The molecule has 2 nitrogen and oxygen atoms in total. The predicted molar refractivity (Wildman–Crippen MR) is 85.4 cm³/mol. The van der Waals surface area contributed by atoms with Gasteiger partial charge in [-0.2, -0.15) is 0 Å². The van der Waals surface area contributed by atoms with Crippen LogP contribution in [0.2, 0.25) is 0 Å². The van der Waals surface area contributed by atoms with Crippen molar-refractivity contribution in [1.29, 1.82) is 0 Å². The molecule has 3 heteroatoms. The second-order valence-corrected chi connectivity index (χ2v) is 5.29. The number of carbonyl (C=O) groups is 1. The van der Waals surface area contributed by atoms with Gasteiger partial charge in [0.15, 0.2) is 5.78 Å². The number of hydrogen-bond acceptors (Lipinski definition) is 1. The zero-order chi connectivity index (χ0) is 15.5. The molecular weight excluding hydrogens is 277 g/mol. The maximum absolute atomic E-state index is 13.0. The lowest BCUT2D eigenvalue weighted by Gasteiger charge is -2.07. The average molecular weight is 293 g/mol.